The van der Waals surface area contributed by atoms with Gasteiger partial charge in [-0.25, -0.2) is 4.98 Å². The van der Waals surface area contributed by atoms with Crippen molar-refractivity contribution >= 4 is 11.9 Å². The molecule has 1 aliphatic rings. The molecule has 2 aromatic rings. The first kappa shape index (κ1) is 18.2. The number of benzene rings is 1. The van der Waals surface area contributed by atoms with Crippen LogP contribution in [0.3, 0.4) is 0 Å². The van der Waals surface area contributed by atoms with Crippen LogP contribution in [0.1, 0.15) is 17.2 Å². The van der Waals surface area contributed by atoms with Crippen molar-refractivity contribution in [3.05, 3.63) is 47.5 Å². The number of aliphatic imine (C=N–C) groups is 1. The third kappa shape index (κ3) is 5.47. The highest BCUT2D eigenvalue weighted by Gasteiger charge is 2.20. The molecule has 0 radical (unpaired) electrons. The van der Waals surface area contributed by atoms with Gasteiger partial charge in [-0.05, 0) is 19.4 Å². The summed E-state index contributed by atoms with van der Waals surface area (Å²) >= 11 is 0. The normalized spacial score (nSPS) is 18.7. The lowest BCUT2D eigenvalue weighted by molar-refractivity contribution is -0.0257. The molecule has 8 nitrogen and oxygen atoms in total. The molecule has 1 aromatic carbocycles. The van der Waals surface area contributed by atoms with Crippen molar-refractivity contribution in [1.29, 1.82) is 0 Å². The van der Waals surface area contributed by atoms with Gasteiger partial charge in [-0.2, -0.15) is 9.97 Å². The molecule has 2 heterocycles. The van der Waals surface area contributed by atoms with E-state index in [9.17, 15) is 0 Å². The highest BCUT2D eigenvalue weighted by molar-refractivity contribution is 5.90. The van der Waals surface area contributed by atoms with Gasteiger partial charge in [-0.15, -0.1) is 0 Å². The lowest BCUT2D eigenvalue weighted by Crippen LogP contribution is -2.43. The highest BCUT2D eigenvalue weighted by atomic mass is 16.5. The van der Waals surface area contributed by atoms with Crippen LogP contribution in [0, 0.1) is 13.8 Å². The van der Waals surface area contributed by atoms with Gasteiger partial charge in [0.05, 0.1) is 19.3 Å². The van der Waals surface area contributed by atoms with Gasteiger partial charge >= 0.3 is 0 Å². The van der Waals surface area contributed by atoms with E-state index in [1.54, 1.807) is 0 Å². The Labute approximate surface area is 153 Å². The maximum atomic E-state index is 5.95. The van der Waals surface area contributed by atoms with E-state index in [2.05, 4.69) is 54.4 Å². The molecule has 0 amide bonds. The second-order valence-electron chi connectivity index (χ2n) is 6.32. The Morgan fingerprint density at radius 3 is 2.69 bits per heavy atom. The lowest BCUT2D eigenvalue weighted by Gasteiger charge is -2.32. The van der Waals surface area contributed by atoms with Crippen LogP contribution in [-0.4, -0.2) is 58.2 Å². The average Bonchev–Trinajstić information content (AvgIpc) is 2.60. The van der Waals surface area contributed by atoms with Crippen LogP contribution in [0.5, 0.6) is 0 Å². The Bertz CT molecular complexity index is 730. The predicted octanol–water partition coefficient (Wildman–Crippen LogP) is 1.12. The largest absolute Gasteiger partial charge is 0.374 e. The van der Waals surface area contributed by atoms with Gasteiger partial charge in [0.15, 0.2) is 5.96 Å². The summed E-state index contributed by atoms with van der Waals surface area (Å²) in [7, 11) is 0. The summed E-state index contributed by atoms with van der Waals surface area (Å²) in [5.41, 5.74) is 7.25. The second kappa shape index (κ2) is 8.68. The maximum absolute atomic E-state index is 5.95. The first-order valence-electron chi connectivity index (χ1n) is 8.72. The van der Waals surface area contributed by atoms with E-state index in [4.69, 9.17) is 10.5 Å². The predicted molar refractivity (Wildman–Crippen MR) is 101 cm³/mol. The molecule has 1 unspecified atom stereocenters. The first-order chi connectivity index (χ1) is 12.6. The zero-order valence-electron chi connectivity index (χ0n) is 15.2. The monoisotopic (exact) mass is 355 g/mol. The molecule has 1 aliphatic heterocycles. The van der Waals surface area contributed by atoms with E-state index >= 15 is 0 Å². The summed E-state index contributed by atoms with van der Waals surface area (Å²) in [6.07, 6.45) is 0.0228. The number of ether oxygens (including phenoxy) is 1. The van der Waals surface area contributed by atoms with Crippen LogP contribution in [0.25, 0.3) is 0 Å². The van der Waals surface area contributed by atoms with Crippen molar-refractivity contribution in [3.8, 4) is 0 Å². The van der Waals surface area contributed by atoms with Crippen LogP contribution in [-0.2, 0) is 11.3 Å². The third-order valence-corrected chi connectivity index (χ3v) is 4.04. The van der Waals surface area contributed by atoms with Crippen LogP contribution in [0.2, 0.25) is 0 Å². The molecule has 0 saturated carbocycles. The maximum Gasteiger partial charge on any atom is 0.233 e. The molecule has 0 spiro atoms. The first-order valence-corrected chi connectivity index (χ1v) is 8.72. The van der Waals surface area contributed by atoms with E-state index in [1.165, 1.54) is 5.56 Å². The molecule has 1 saturated heterocycles. The van der Waals surface area contributed by atoms with Crippen molar-refractivity contribution in [2.75, 3.05) is 31.6 Å². The van der Waals surface area contributed by atoms with Crippen LogP contribution in [0.4, 0.5) is 5.95 Å². The summed E-state index contributed by atoms with van der Waals surface area (Å²) in [6, 6.07) is 10.4. The fourth-order valence-electron chi connectivity index (χ4n) is 2.90. The van der Waals surface area contributed by atoms with E-state index in [0.717, 1.165) is 19.6 Å². The van der Waals surface area contributed by atoms with Crippen LogP contribution in [0.15, 0.2) is 35.3 Å². The minimum absolute atomic E-state index is 0.0228. The Hall–Kier alpha value is -2.58. The molecule has 3 rings (SSSR count). The van der Waals surface area contributed by atoms with Gasteiger partial charge in [0.2, 0.25) is 5.95 Å². The minimum Gasteiger partial charge on any atom is -0.374 e. The van der Waals surface area contributed by atoms with Gasteiger partial charge in [0.25, 0.3) is 0 Å². The summed E-state index contributed by atoms with van der Waals surface area (Å²) in [5.74, 6) is 1.96. The summed E-state index contributed by atoms with van der Waals surface area (Å²) < 4.78 is 5.81. The van der Waals surface area contributed by atoms with Gasteiger partial charge in [-0.3, -0.25) is 15.2 Å². The number of hydrogen-bond donors (Lipinski definition) is 2. The number of nitrogens with two attached hydrogens (primary N) is 1. The number of guanidine groups is 1. The van der Waals surface area contributed by atoms with E-state index in [-0.39, 0.29) is 12.1 Å². The number of hydrogen-bond acceptors (Lipinski definition) is 6. The number of nitrogens with zero attached hydrogens (tertiary/aromatic N) is 5. The second-order valence-corrected chi connectivity index (χ2v) is 6.32. The van der Waals surface area contributed by atoms with Gasteiger partial charge in [0, 0.05) is 19.6 Å². The molecule has 1 fully saturated rings. The number of nitrogens with one attached hydrogen (secondary N) is 1. The highest BCUT2D eigenvalue weighted by Crippen LogP contribution is 2.11. The van der Waals surface area contributed by atoms with Crippen molar-refractivity contribution < 1.29 is 4.74 Å². The van der Waals surface area contributed by atoms with Gasteiger partial charge < -0.3 is 10.5 Å². The molecular formula is C18H25N7O. The molecule has 8 heteroatoms. The van der Waals surface area contributed by atoms with E-state index in [1.807, 2.05) is 19.9 Å². The molecule has 3 N–H and O–H groups in total. The summed E-state index contributed by atoms with van der Waals surface area (Å²) in [6.45, 7) is 7.48. The summed E-state index contributed by atoms with van der Waals surface area (Å²) in [5, 5.41) is 2.91. The molecular weight excluding hydrogens is 330 g/mol. The number of aryl methyl sites for hydroxylation is 2. The minimum atomic E-state index is 0.0228. The van der Waals surface area contributed by atoms with Crippen molar-refractivity contribution in [2.24, 2.45) is 10.7 Å². The Kier molecular flexibility index (Phi) is 6.08. The lowest BCUT2D eigenvalue weighted by atomic mass is 10.2. The SMILES string of the molecule is Cc1nc(C)nc(NC(N)=NCC2CN(Cc3ccccc3)CCO2)n1. The standard InChI is InChI=1S/C18H25N7O/c1-13-21-14(2)23-18(22-13)24-17(19)20-10-16-12-25(8-9-26-16)11-15-6-4-3-5-7-15/h3-7,16H,8-12H2,1-2H3,(H3,19,20,21,22,23,24). The molecule has 26 heavy (non-hydrogen) atoms. The Morgan fingerprint density at radius 2 is 1.96 bits per heavy atom. The number of aromatic nitrogens is 3. The topological polar surface area (TPSA) is 102 Å². The van der Waals surface area contributed by atoms with Crippen molar-refractivity contribution in [2.45, 2.75) is 26.5 Å². The van der Waals surface area contributed by atoms with Crippen molar-refractivity contribution in [3.63, 3.8) is 0 Å². The molecule has 1 atom stereocenters. The zero-order valence-corrected chi connectivity index (χ0v) is 15.2. The Morgan fingerprint density at radius 1 is 1.23 bits per heavy atom. The zero-order chi connectivity index (χ0) is 18.4. The number of anilines is 1. The van der Waals surface area contributed by atoms with Crippen LogP contribution >= 0.6 is 0 Å². The van der Waals surface area contributed by atoms with Gasteiger partial charge in [-0.1, -0.05) is 30.3 Å². The molecule has 1 aromatic heterocycles. The number of morpholine rings is 1. The van der Waals surface area contributed by atoms with Crippen molar-refractivity contribution in [1.82, 2.24) is 19.9 Å². The molecule has 0 bridgehead atoms. The fraction of sp³-hybridized carbons (Fsp3) is 0.444. The fourth-order valence-corrected chi connectivity index (χ4v) is 2.90. The van der Waals surface area contributed by atoms with E-state index in [0.29, 0.717) is 30.7 Å². The third-order valence-electron chi connectivity index (χ3n) is 4.04. The quantitative estimate of drug-likeness (QED) is 0.612. The number of rotatable bonds is 5. The summed E-state index contributed by atoms with van der Waals surface area (Å²) in [4.78, 5) is 19.3. The molecule has 0 aliphatic carbocycles. The van der Waals surface area contributed by atoms with E-state index < -0.39 is 0 Å². The Balaban J connectivity index is 1.52. The van der Waals surface area contributed by atoms with Gasteiger partial charge in [0.1, 0.15) is 11.6 Å². The molecule has 138 valence electrons. The smallest absolute Gasteiger partial charge is 0.233 e. The van der Waals surface area contributed by atoms with Crippen LogP contribution < -0.4 is 11.1 Å². The average molecular weight is 355 g/mol.